The first-order valence-electron chi connectivity index (χ1n) is 4.51. The van der Waals surface area contributed by atoms with Gasteiger partial charge in [0.25, 0.3) is 6.43 Å². The second-order valence-corrected chi connectivity index (χ2v) is 3.54. The van der Waals surface area contributed by atoms with Crippen molar-refractivity contribution in [1.82, 2.24) is 4.98 Å². The number of nitrogens with zero attached hydrogens (tertiary/aromatic N) is 1. The van der Waals surface area contributed by atoms with Gasteiger partial charge in [0.1, 0.15) is 0 Å². The number of carbonyl (C=O) groups is 1. The Labute approximate surface area is 96.1 Å². The van der Waals surface area contributed by atoms with Crippen LogP contribution in [0.5, 0.6) is 0 Å². The monoisotopic (exact) mass is 249 g/mol. The summed E-state index contributed by atoms with van der Waals surface area (Å²) in [7, 11) is 0. The standard InChI is InChI=1S/C10H10ClF2NO2/c1-5-6(3-9(15)16)2-7(10(12)13)8(4-11)14-5/h2,10H,3-4H2,1H3,(H,15,16). The van der Waals surface area contributed by atoms with E-state index >= 15 is 0 Å². The van der Waals surface area contributed by atoms with Gasteiger partial charge in [0.05, 0.1) is 18.0 Å². The van der Waals surface area contributed by atoms with Gasteiger partial charge >= 0.3 is 5.97 Å². The number of aliphatic carboxylic acids is 1. The molecule has 0 bridgehead atoms. The van der Waals surface area contributed by atoms with Gasteiger partial charge in [-0.25, -0.2) is 8.78 Å². The fourth-order valence-corrected chi connectivity index (χ4v) is 1.57. The Balaban J connectivity index is 3.21. The van der Waals surface area contributed by atoms with Crippen LogP contribution in [0.1, 0.15) is 28.9 Å². The molecule has 0 saturated heterocycles. The Hall–Kier alpha value is -1.23. The maximum absolute atomic E-state index is 12.6. The largest absolute Gasteiger partial charge is 0.481 e. The average Bonchev–Trinajstić information content (AvgIpc) is 2.19. The molecule has 88 valence electrons. The van der Waals surface area contributed by atoms with Crippen molar-refractivity contribution in [1.29, 1.82) is 0 Å². The molecule has 0 saturated carbocycles. The number of rotatable bonds is 4. The lowest BCUT2D eigenvalue weighted by atomic mass is 10.1. The van der Waals surface area contributed by atoms with E-state index in [1.807, 2.05) is 0 Å². The zero-order valence-corrected chi connectivity index (χ0v) is 9.26. The molecule has 0 aliphatic heterocycles. The van der Waals surface area contributed by atoms with Gasteiger partial charge in [-0.1, -0.05) is 0 Å². The van der Waals surface area contributed by atoms with Crippen molar-refractivity contribution in [3.8, 4) is 0 Å². The second-order valence-electron chi connectivity index (χ2n) is 3.27. The Morgan fingerprint density at radius 1 is 1.62 bits per heavy atom. The minimum Gasteiger partial charge on any atom is -0.481 e. The van der Waals surface area contributed by atoms with E-state index in [9.17, 15) is 13.6 Å². The maximum atomic E-state index is 12.6. The molecule has 0 aromatic carbocycles. The van der Waals surface area contributed by atoms with Gasteiger partial charge in [0.15, 0.2) is 0 Å². The Kier molecular flexibility index (Phi) is 4.18. The lowest BCUT2D eigenvalue weighted by molar-refractivity contribution is -0.136. The van der Waals surface area contributed by atoms with Crippen LogP contribution < -0.4 is 0 Å². The third-order valence-corrected chi connectivity index (χ3v) is 2.39. The van der Waals surface area contributed by atoms with Gasteiger partial charge < -0.3 is 5.11 Å². The van der Waals surface area contributed by atoms with Crippen LogP contribution in [0, 0.1) is 6.92 Å². The molecule has 0 radical (unpaired) electrons. The third-order valence-electron chi connectivity index (χ3n) is 2.13. The summed E-state index contributed by atoms with van der Waals surface area (Å²) in [5, 5.41) is 8.61. The number of aromatic nitrogens is 1. The number of aryl methyl sites for hydroxylation is 1. The molecule has 0 spiro atoms. The molecule has 1 heterocycles. The highest BCUT2D eigenvalue weighted by molar-refractivity contribution is 6.17. The van der Waals surface area contributed by atoms with Crippen LogP contribution in [0.3, 0.4) is 0 Å². The molecule has 0 unspecified atom stereocenters. The SMILES string of the molecule is Cc1nc(CCl)c(C(F)F)cc1CC(=O)O. The number of halogens is 3. The van der Waals surface area contributed by atoms with Gasteiger partial charge in [-0.05, 0) is 18.6 Å². The van der Waals surface area contributed by atoms with E-state index in [1.165, 1.54) is 6.07 Å². The minimum atomic E-state index is -2.70. The molecule has 3 nitrogen and oxygen atoms in total. The molecule has 1 aromatic rings. The van der Waals surface area contributed by atoms with Gasteiger partial charge in [-0.3, -0.25) is 9.78 Å². The molecule has 0 fully saturated rings. The molecule has 0 atom stereocenters. The normalized spacial score (nSPS) is 10.8. The molecule has 0 amide bonds. The number of carboxylic acid groups (broad SMARTS) is 1. The van der Waals surface area contributed by atoms with Crippen LogP contribution in [0.15, 0.2) is 6.07 Å². The van der Waals surface area contributed by atoms with Crippen molar-refractivity contribution in [2.45, 2.75) is 25.7 Å². The smallest absolute Gasteiger partial charge is 0.307 e. The van der Waals surface area contributed by atoms with Gasteiger partial charge in [0, 0.05) is 11.3 Å². The van der Waals surface area contributed by atoms with E-state index in [2.05, 4.69) is 4.98 Å². The van der Waals surface area contributed by atoms with Crippen LogP contribution in [0.2, 0.25) is 0 Å². The highest BCUT2D eigenvalue weighted by atomic mass is 35.5. The highest BCUT2D eigenvalue weighted by Gasteiger charge is 2.17. The third kappa shape index (κ3) is 2.88. The average molecular weight is 250 g/mol. The van der Waals surface area contributed by atoms with Crippen molar-refractivity contribution in [3.63, 3.8) is 0 Å². The van der Waals surface area contributed by atoms with E-state index in [-0.39, 0.29) is 29.1 Å². The molecule has 6 heteroatoms. The lowest BCUT2D eigenvalue weighted by Gasteiger charge is -2.10. The number of carboxylic acids is 1. The molecule has 0 aliphatic carbocycles. The summed E-state index contributed by atoms with van der Waals surface area (Å²) in [4.78, 5) is 14.4. The summed E-state index contributed by atoms with van der Waals surface area (Å²) in [5.41, 5.74) is 0.513. The summed E-state index contributed by atoms with van der Waals surface area (Å²) in [6, 6.07) is 1.17. The van der Waals surface area contributed by atoms with Crippen LogP contribution in [-0.2, 0) is 17.1 Å². The first-order valence-corrected chi connectivity index (χ1v) is 5.04. The van der Waals surface area contributed by atoms with Crippen molar-refractivity contribution in [2.75, 3.05) is 0 Å². The van der Waals surface area contributed by atoms with Gasteiger partial charge in [0.2, 0.25) is 0 Å². The van der Waals surface area contributed by atoms with Crippen LogP contribution in [0.25, 0.3) is 0 Å². The van der Waals surface area contributed by atoms with E-state index in [0.717, 1.165) is 0 Å². The van der Waals surface area contributed by atoms with E-state index < -0.39 is 12.4 Å². The molecular formula is C10H10ClF2NO2. The quantitative estimate of drug-likeness (QED) is 0.835. The summed E-state index contributed by atoms with van der Waals surface area (Å²) >= 11 is 5.49. The molecule has 0 aliphatic rings. The highest BCUT2D eigenvalue weighted by Crippen LogP contribution is 2.25. The second kappa shape index (κ2) is 5.21. The summed E-state index contributed by atoms with van der Waals surface area (Å²) in [6.45, 7) is 1.57. The van der Waals surface area contributed by atoms with E-state index in [4.69, 9.17) is 16.7 Å². The molecular weight excluding hydrogens is 240 g/mol. The van der Waals surface area contributed by atoms with Gasteiger partial charge in [-0.15, -0.1) is 11.6 Å². The summed E-state index contributed by atoms with van der Waals surface area (Å²) < 4.78 is 25.2. The fraction of sp³-hybridized carbons (Fsp3) is 0.400. The molecule has 1 aromatic heterocycles. The van der Waals surface area contributed by atoms with E-state index in [0.29, 0.717) is 5.69 Å². The lowest BCUT2D eigenvalue weighted by Crippen LogP contribution is -2.07. The number of alkyl halides is 3. The molecule has 1 N–H and O–H groups in total. The minimum absolute atomic E-state index is 0.100. The molecule has 16 heavy (non-hydrogen) atoms. The fourth-order valence-electron chi connectivity index (χ4n) is 1.35. The predicted molar refractivity (Wildman–Crippen MR) is 54.8 cm³/mol. The zero-order valence-electron chi connectivity index (χ0n) is 8.51. The topological polar surface area (TPSA) is 50.2 Å². The van der Waals surface area contributed by atoms with Gasteiger partial charge in [-0.2, -0.15) is 0 Å². The Morgan fingerprint density at radius 3 is 2.69 bits per heavy atom. The Bertz CT molecular complexity index is 410. The number of hydrogen-bond donors (Lipinski definition) is 1. The first kappa shape index (κ1) is 12.8. The van der Waals surface area contributed by atoms with Crippen LogP contribution in [-0.4, -0.2) is 16.1 Å². The van der Waals surface area contributed by atoms with Crippen LogP contribution in [0.4, 0.5) is 8.78 Å². The van der Waals surface area contributed by atoms with Crippen molar-refractivity contribution in [3.05, 3.63) is 28.6 Å². The van der Waals surface area contributed by atoms with Crippen molar-refractivity contribution in [2.24, 2.45) is 0 Å². The molecule has 1 rings (SSSR count). The summed E-state index contributed by atoms with van der Waals surface area (Å²) in [5.74, 6) is -1.20. The number of hydrogen-bond acceptors (Lipinski definition) is 2. The van der Waals surface area contributed by atoms with Crippen molar-refractivity contribution >= 4 is 17.6 Å². The number of pyridine rings is 1. The summed E-state index contributed by atoms with van der Waals surface area (Å²) in [6.07, 6.45) is -3.02. The predicted octanol–water partition coefficient (Wildman–Crippen LogP) is 2.69. The van der Waals surface area contributed by atoms with E-state index in [1.54, 1.807) is 6.92 Å². The zero-order chi connectivity index (χ0) is 12.3. The van der Waals surface area contributed by atoms with Crippen LogP contribution >= 0.6 is 11.6 Å². The Morgan fingerprint density at radius 2 is 2.25 bits per heavy atom. The first-order chi connectivity index (χ1) is 7.45. The van der Waals surface area contributed by atoms with Crippen molar-refractivity contribution < 1.29 is 18.7 Å². The maximum Gasteiger partial charge on any atom is 0.307 e.